The Balaban J connectivity index is 2.24. The highest BCUT2D eigenvalue weighted by molar-refractivity contribution is 5.79. The third-order valence-corrected chi connectivity index (χ3v) is 3.20. The Hall–Kier alpha value is -0.610. The smallest absolute Gasteiger partial charge is 0.225 e. The Morgan fingerprint density at radius 2 is 2.31 bits per heavy atom. The van der Waals surface area contributed by atoms with Crippen LogP contribution in [0.4, 0.5) is 0 Å². The predicted octanol–water partition coefficient (Wildman–Crippen LogP) is 1.08. The minimum Gasteiger partial charge on any atom is -0.393 e. The second-order valence-corrected chi connectivity index (χ2v) is 4.35. The van der Waals surface area contributed by atoms with Crippen molar-refractivity contribution in [3.05, 3.63) is 0 Å². The number of ether oxygens (including phenoxy) is 1. The second kappa shape index (κ2) is 6.86. The number of aliphatic hydroxyl groups excluding tert-OH is 1. The molecule has 4 heteroatoms. The van der Waals surface area contributed by atoms with Gasteiger partial charge in [0, 0.05) is 13.2 Å². The average Bonchev–Trinajstić information content (AvgIpc) is 2.76. The van der Waals surface area contributed by atoms with E-state index in [-0.39, 0.29) is 24.0 Å². The summed E-state index contributed by atoms with van der Waals surface area (Å²) in [5.41, 5.74) is 0. The molecule has 1 rings (SSSR count). The first kappa shape index (κ1) is 13.5. The quantitative estimate of drug-likeness (QED) is 0.716. The van der Waals surface area contributed by atoms with Gasteiger partial charge in [-0.1, -0.05) is 13.8 Å². The number of aliphatic hydroxyl groups is 1. The van der Waals surface area contributed by atoms with Gasteiger partial charge in [0.2, 0.25) is 5.91 Å². The van der Waals surface area contributed by atoms with Gasteiger partial charge in [-0.2, -0.15) is 0 Å². The molecule has 0 saturated carbocycles. The zero-order chi connectivity index (χ0) is 12.0. The highest BCUT2D eigenvalue weighted by Crippen LogP contribution is 2.23. The first-order valence-electron chi connectivity index (χ1n) is 6.26. The molecule has 1 aliphatic rings. The summed E-state index contributed by atoms with van der Waals surface area (Å²) in [6.07, 6.45) is 2.85. The molecule has 2 N–H and O–H groups in total. The average molecular weight is 229 g/mol. The van der Waals surface area contributed by atoms with E-state index in [9.17, 15) is 9.90 Å². The number of nitrogens with one attached hydrogen (secondary N) is 1. The van der Waals surface area contributed by atoms with Gasteiger partial charge in [-0.25, -0.2) is 0 Å². The number of carbonyl (C=O) groups excluding carboxylic acids is 1. The van der Waals surface area contributed by atoms with Crippen molar-refractivity contribution >= 4 is 5.91 Å². The molecule has 0 aromatic carbocycles. The van der Waals surface area contributed by atoms with Crippen LogP contribution in [0, 0.1) is 5.92 Å². The number of amides is 1. The Bertz CT molecular complexity index is 220. The van der Waals surface area contributed by atoms with Crippen molar-refractivity contribution in [2.24, 2.45) is 5.92 Å². The summed E-state index contributed by atoms with van der Waals surface area (Å²) in [5, 5.41) is 12.2. The van der Waals surface area contributed by atoms with Crippen LogP contribution >= 0.6 is 0 Å². The molecular weight excluding hydrogens is 206 g/mol. The predicted molar refractivity (Wildman–Crippen MR) is 62.1 cm³/mol. The Kier molecular flexibility index (Phi) is 5.77. The van der Waals surface area contributed by atoms with Crippen molar-refractivity contribution in [2.45, 2.75) is 51.7 Å². The molecule has 1 amide bonds. The summed E-state index contributed by atoms with van der Waals surface area (Å²) in [6.45, 7) is 5.22. The Labute approximate surface area is 97.4 Å². The molecule has 0 bridgehead atoms. The standard InChI is InChI=1S/C12H23NO3/c1-3-9(14)5-7-13-12(15)10-6-8-16-11(10)4-2/h9-11,14H,3-8H2,1-2H3,(H,13,15). The first-order chi connectivity index (χ1) is 7.69. The summed E-state index contributed by atoms with van der Waals surface area (Å²) in [7, 11) is 0. The van der Waals surface area contributed by atoms with Crippen LogP contribution in [-0.4, -0.2) is 36.4 Å². The van der Waals surface area contributed by atoms with Crippen LogP contribution in [0.25, 0.3) is 0 Å². The summed E-state index contributed by atoms with van der Waals surface area (Å²) in [4.78, 5) is 11.8. The van der Waals surface area contributed by atoms with Crippen molar-refractivity contribution in [1.29, 1.82) is 0 Å². The fraction of sp³-hybridized carbons (Fsp3) is 0.917. The summed E-state index contributed by atoms with van der Waals surface area (Å²) in [6, 6.07) is 0. The van der Waals surface area contributed by atoms with Gasteiger partial charge in [-0.15, -0.1) is 0 Å². The lowest BCUT2D eigenvalue weighted by Crippen LogP contribution is -2.36. The minimum atomic E-state index is -0.304. The van der Waals surface area contributed by atoms with E-state index in [2.05, 4.69) is 5.32 Å². The normalized spacial score (nSPS) is 26.7. The molecule has 1 aliphatic heterocycles. The van der Waals surface area contributed by atoms with Crippen molar-refractivity contribution in [3.63, 3.8) is 0 Å². The van der Waals surface area contributed by atoms with Gasteiger partial charge < -0.3 is 15.2 Å². The molecule has 3 unspecified atom stereocenters. The number of hydrogen-bond acceptors (Lipinski definition) is 3. The van der Waals surface area contributed by atoms with E-state index < -0.39 is 0 Å². The van der Waals surface area contributed by atoms with Crippen LogP contribution in [-0.2, 0) is 9.53 Å². The minimum absolute atomic E-state index is 0.00349. The van der Waals surface area contributed by atoms with Gasteiger partial charge in [-0.05, 0) is 25.7 Å². The van der Waals surface area contributed by atoms with E-state index >= 15 is 0 Å². The maximum Gasteiger partial charge on any atom is 0.225 e. The number of hydrogen-bond donors (Lipinski definition) is 2. The van der Waals surface area contributed by atoms with Gasteiger partial charge in [0.05, 0.1) is 18.1 Å². The molecule has 1 saturated heterocycles. The van der Waals surface area contributed by atoms with Crippen LogP contribution < -0.4 is 5.32 Å². The van der Waals surface area contributed by atoms with E-state index in [0.29, 0.717) is 19.6 Å². The largest absolute Gasteiger partial charge is 0.393 e. The lowest BCUT2D eigenvalue weighted by Gasteiger charge is -2.17. The SMILES string of the molecule is CCC(O)CCNC(=O)C1CCOC1CC. The zero-order valence-corrected chi connectivity index (χ0v) is 10.2. The van der Waals surface area contributed by atoms with Gasteiger partial charge >= 0.3 is 0 Å². The summed E-state index contributed by atoms with van der Waals surface area (Å²) in [5.74, 6) is 0.0800. The first-order valence-corrected chi connectivity index (χ1v) is 6.26. The maximum absolute atomic E-state index is 11.8. The van der Waals surface area contributed by atoms with Crippen molar-refractivity contribution in [2.75, 3.05) is 13.2 Å². The van der Waals surface area contributed by atoms with Crippen LogP contribution in [0.3, 0.4) is 0 Å². The van der Waals surface area contributed by atoms with E-state index in [0.717, 1.165) is 19.3 Å². The number of rotatable bonds is 6. The fourth-order valence-electron chi connectivity index (χ4n) is 2.05. The maximum atomic E-state index is 11.8. The molecular formula is C12H23NO3. The molecule has 1 fully saturated rings. The topological polar surface area (TPSA) is 58.6 Å². The van der Waals surface area contributed by atoms with E-state index in [4.69, 9.17) is 4.74 Å². The highest BCUT2D eigenvalue weighted by Gasteiger charge is 2.32. The van der Waals surface area contributed by atoms with E-state index in [1.165, 1.54) is 0 Å². The van der Waals surface area contributed by atoms with Crippen LogP contribution in [0.1, 0.15) is 39.5 Å². The fourth-order valence-corrected chi connectivity index (χ4v) is 2.05. The molecule has 94 valence electrons. The monoisotopic (exact) mass is 229 g/mol. The third kappa shape index (κ3) is 3.76. The highest BCUT2D eigenvalue weighted by atomic mass is 16.5. The summed E-state index contributed by atoms with van der Waals surface area (Å²) < 4.78 is 5.47. The molecule has 0 aromatic rings. The van der Waals surface area contributed by atoms with Gasteiger partial charge in [-0.3, -0.25) is 4.79 Å². The zero-order valence-electron chi connectivity index (χ0n) is 10.2. The van der Waals surface area contributed by atoms with Crippen molar-refractivity contribution < 1.29 is 14.6 Å². The van der Waals surface area contributed by atoms with Gasteiger partial charge in [0.1, 0.15) is 0 Å². The second-order valence-electron chi connectivity index (χ2n) is 4.35. The molecule has 0 spiro atoms. The van der Waals surface area contributed by atoms with Crippen molar-refractivity contribution in [1.82, 2.24) is 5.32 Å². The third-order valence-electron chi connectivity index (χ3n) is 3.20. The molecule has 0 aliphatic carbocycles. The van der Waals surface area contributed by atoms with Crippen LogP contribution in [0.15, 0.2) is 0 Å². The Morgan fingerprint density at radius 3 is 2.94 bits per heavy atom. The van der Waals surface area contributed by atoms with E-state index in [1.807, 2.05) is 13.8 Å². The molecule has 0 aromatic heterocycles. The van der Waals surface area contributed by atoms with Gasteiger partial charge in [0.15, 0.2) is 0 Å². The molecule has 1 heterocycles. The van der Waals surface area contributed by atoms with E-state index in [1.54, 1.807) is 0 Å². The molecule has 0 radical (unpaired) electrons. The number of carbonyl (C=O) groups is 1. The Morgan fingerprint density at radius 1 is 1.56 bits per heavy atom. The van der Waals surface area contributed by atoms with Gasteiger partial charge in [0.25, 0.3) is 0 Å². The lowest BCUT2D eigenvalue weighted by atomic mass is 9.98. The van der Waals surface area contributed by atoms with Crippen LogP contribution in [0.5, 0.6) is 0 Å². The molecule has 16 heavy (non-hydrogen) atoms. The van der Waals surface area contributed by atoms with Crippen LogP contribution in [0.2, 0.25) is 0 Å². The molecule has 4 nitrogen and oxygen atoms in total. The lowest BCUT2D eigenvalue weighted by molar-refractivity contribution is -0.126. The summed E-state index contributed by atoms with van der Waals surface area (Å²) >= 11 is 0. The van der Waals surface area contributed by atoms with Crippen molar-refractivity contribution in [3.8, 4) is 0 Å². The molecule has 3 atom stereocenters.